The van der Waals surface area contributed by atoms with E-state index in [1.165, 1.54) is 6.33 Å². The van der Waals surface area contributed by atoms with E-state index in [2.05, 4.69) is 20.2 Å². The molecule has 56 valence electrons. The van der Waals surface area contributed by atoms with Crippen molar-refractivity contribution in [2.24, 2.45) is 10.2 Å². The molecule has 0 bridgehead atoms. The lowest BCUT2D eigenvalue weighted by atomic mass is 10.3. The summed E-state index contributed by atoms with van der Waals surface area (Å²) in [4.78, 5) is 7.60. The summed E-state index contributed by atoms with van der Waals surface area (Å²) in [6.45, 7) is 0. The zero-order valence-corrected chi connectivity index (χ0v) is 6.15. The number of alkyl halides is 1. The largest absolute Gasteiger partial charge is 0.383 e. The fourth-order valence-corrected chi connectivity index (χ4v) is 1.12. The smallest absolute Gasteiger partial charge is 0.185 e. The molecule has 1 aromatic rings. The summed E-state index contributed by atoms with van der Waals surface area (Å²) in [6.07, 6.45) is 1.34. The quantitative estimate of drug-likeness (QED) is 0.471. The molecule has 2 rings (SSSR count). The number of aromatic nitrogens is 2. The van der Waals surface area contributed by atoms with Gasteiger partial charge < -0.3 is 5.73 Å². The van der Waals surface area contributed by atoms with Gasteiger partial charge in [0.1, 0.15) is 12.1 Å². The molecule has 0 aromatic carbocycles. The maximum absolute atomic E-state index is 5.73. The molecule has 1 unspecified atom stereocenters. The van der Waals surface area contributed by atoms with Crippen molar-refractivity contribution < 1.29 is 0 Å². The van der Waals surface area contributed by atoms with Gasteiger partial charge in [0, 0.05) is 0 Å². The van der Waals surface area contributed by atoms with Crippen LogP contribution in [0.5, 0.6) is 0 Å². The van der Waals surface area contributed by atoms with Gasteiger partial charge in [-0.15, -0.1) is 5.11 Å². The Hall–Kier alpha value is -1.23. The van der Waals surface area contributed by atoms with Crippen LogP contribution in [0, 0.1) is 0 Å². The maximum Gasteiger partial charge on any atom is 0.185 e. The molecule has 0 saturated carbocycles. The van der Waals surface area contributed by atoms with Crippen LogP contribution in [0.4, 0.5) is 11.6 Å². The van der Waals surface area contributed by atoms with Crippen LogP contribution in [-0.2, 0) is 0 Å². The Balaban J connectivity index is 2.65. The molecule has 2 heterocycles. The van der Waals surface area contributed by atoms with Gasteiger partial charge in [-0.25, -0.2) is 9.97 Å². The normalized spacial score (nSPS) is 20.3. The van der Waals surface area contributed by atoms with Gasteiger partial charge in [0.15, 0.2) is 11.3 Å². The molecule has 1 aliphatic heterocycles. The third kappa shape index (κ3) is 0.848. The minimum atomic E-state index is -0.522. The van der Waals surface area contributed by atoms with E-state index in [1.807, 2.05) is 0 Å². The van der Waals surface area contributed by atoms with Crippen LogP contribution in [0.25, 0.3) is 0 Å². The van der Waals surface area contributed by atoms with Crippen LogP contribution in [0.1, 0.15) is 11.1 Å². The van der Waals surface area contributed by atoms with E-state index >= 15 is 0 Å². The molecule has 6 heteroatoms. The van der Waals surface area contributed by atoms with Crippen molar-refractivity contribution in [3.05, 3.63) is 11.9 Å². The molecule has 5 nitrogen and oxygen atoms in total. The highest BCUT2D eigenvalue weighted by molar-refractivity contribution is 6.21. The lowest BCUT2D eigenvalue weighted by molar-refractivity contribution is 0.991. The number of fused-ring (bicyclic) bond motifs is 1. The Bertz CT molecular complexity index is 323. The lowest BCUT2D eigenvalue weighted by Gasteiger charge is -1.99. The van der Waals surface area contributed by atoms with Gasteiger partial charge in [0.25, 0.3) is 0 Å². The minimum Gasteiger partial charge on any atom is -0.383 e. The first kappa shape index (κ1) is 6.48. The first-order chi connectivity index (χ1) is 5.29. The second-order valence-electron chi connectivity index (χ2n) is 2.05. The predicted molar refractivity (Wildman–Crippen MR) is 39.6 cm³/mol. The number of hydrogen-bond acceptors (Lipinski definition) is 5. The van der Waals surface area contributed by atoms with E-state index in [1.54, 1.807) is 0 Å². The summed E-state index contributed by atoms with van der Waals surface area (Å²) in [5.41, 5.74) is 5.59. The van der Waals surface area contributed by atoms with E-state index in [4.69, 9.17) is 17.3 Å². The Morgan fingerprint density at radius 1 is 1.45 bits per heavy atom. The Kier molecular flexibility index (Phi) is 1.25. The fourth-order valence-electron chi connectivity index (χ4n) is 0.871. The van der Waals surface area contributed by atoms with Crippen molar-refractivity contribution in [3.63, 3.8) is 0 Å². The minimum absolute atomic E-state index is 0.347. The zero-order valence-electron chi connectivity index (χ0n) is 5.40. The average Bonchev–Trinajstić information content (AvgIpc) is 2.34. The summed E-state index contributed by atoms with van der Waals surface area (Å²) in [6, 6.07) is 0. The molecular formula is C5H4ClN5. The molecule has 0 aliphatic carbocycles. The van der Waals surface area contributed by atoms with E-state index < -0.39 is 5.50 Å². The Morgan fingerprint density at radius 2 is 2.27 bits per heavy atom. The lowest BCUT2D eigenvalue weighted by Crippen LogP contribution is -1.97. The molecule has 0 saturated heterocycles. The highest BCUT2D eigenvalue weighted by Crippen LogP contribution is 2.38. The van der Waals surface area contributed by atoms with Crippen LogP contribution < -0.4 is 5.73 Å². The average molecular weight is 170 g/mol. The topological polar surface area (TPSA) is 76.5 Å². The molecule has 2 N–H and O–H groups in total. The molecule has 11 heavy (non-hydrogen) atoms. The van der Waals surface area contributed by atoms with Crippen LogP contribution in [0.2, 0.25) is 0 Å². The van der Waals surface area contributed by atoms with Crippen molar-refractivity contribution in [1.29, 1.82) is 0 Å². The van der Waals surface area contributed by atoms with E-state index in [-0.39, 0.29) is 0 Å². The van der Waals surface area contributed by atoms with Crippen LogP contribution in [0.15, 0.2) is 16.6 Å². The van der Waals surface area contributed by atoms with Crippen molar-refractivity contribution in [3.8, 4) is 0 Å². The summed E-state index contributed by atoms with van der Waals surface area (Å²) in [5, 5.41) is 7.38. The third-order valence-electron chi connectivity index (χ3n) is 1.39. The van der Waals surface area contributed by atoms with Crippen molar-refractivity contribution >= 4 is 23.2 Å². The zero-order chi connectivity index (χ0) is 7.84. The molecule has 1 aromatic heterocycles. The molecule has 0 radical (unpaired) electrons. The van der Waals surface area contributed by atoms with E-state index in [9.17, 15) is 0 Å². The number of anilines is 1. The molecule has 1 atom stereocenters. The monoisotopic (exact) mass is 169 g/mol. The summed E-state index contributed by atoms with van der Waals surface area (Å²) in [5.74, 6) is 0.817. The number of azo groups is 1. The SMILES string of the molecule is Nc1ncnc2c1C(Cl)N=N2. The summed E-state index contributed by atoms with van der Waals surface area (Å²) >= 11 is 5.73. The van der Waals surface area contributed by atoms with Gasteiger partial charge in [-0.3, -0.25) is 0 Å². The summed E-state index contributed by atoms with van der Waals surface area (Å²) < 4.78 is 0. The molecule has 1 aliphatic rings. The van der Waals surface area contributed by atoms with Crippen molar-refractivity contribution in [2.45, 2.75) is 5.50 Å². The second kappa shape index (κ2) is 2.13. The van der Waals surface area contributed by atoms with Gasteiger partial charge in [0.05, 0.1) is 5.56 Å². The number of halogens is 1. The fraction of sp³-hybridized carbons (Fsp3) is 0.200. The number of nitrogens with two attached hydrogens (primary N) is 1. The summed E-state index contributed by atoms with van der Waals surface area (Å²) in [7, 11) is 0. The standard InChI is InChI=1S/C5H4ClN5/c6-3-2-4(7)8-1-9-5(2)11-10-3/h1,3H,(H2,7,8,9). The second-order valence-corrected chi connectivity index (χ2v) is 2.46. The third-order valence-corrected chi connectivity index (χ3v) is 1.69. The first-order valence-electron chi connectivity index (χ1n) is 2.94. The Morgan fingerprint density at radius 3 is 3.00 bits per heavy atom. The highest BCUT2D eigenvalue weighted by atomic mass is 35.5. The van der Waals surface area contributed by atoms with Crippen LogP contribution >= 0.6 is 11.6 Å². The van der Waals surface area contributed by atoms with Crippen LogP contribution in [-0.4, -0.2) is 9.97 Å². The molecular weight excluding hydrogens is 166 g/mol. The van der Waals surface area contributed by atoms with Gasteiger partial charge in [-0.1, -0.05) is 11.6 Å². The van der Waals surface area contributed by atoms with Crippen molar-refractivity contribution in [2.75, 3.05) is 5.73 Å². The van der Waals surface area contributed by atoms with E-state index in [0.717, 1.165) is 0 Å². The van der Waals surface area contributed by atoms with Crippen LogP contribution in [0.3, 0.4) is 0 Å². The Labute approximate surface area is 67.3 Å². The first-order valence-corrected chi connectivity index (χ1v) is 3.38. The number of rotatable bonds is 0. The molecule has 0 fully saturated rings. The van der Waals surface area contributed by atoms with Gasteiger partial charge in [-0.2, -0.15) is 5.11 Å². The molecule has 0 spiro atoms. The molecule has 0 amide bonds. The van der Waals surface area contributed by atoms with Gasteiger partial charge in [-0.05, 0) is 0 Å². The number of nitrogens with zero attached hydrogens (tertiary/aromatic N) is 4. The van der Waals surface area contributed by atoms with Crippen molar-refractivity contribution in [1.82, 2.24) is 9.97 Å². The predicted octanol–water partition coefficient (Wildman–Crippen LogP) is 1.39. The number of nitrogen functional groups attached to an aromatic ring is 1. The highest BCUT2D eigenvalue weighted by Gasteiger charge is 2.22. The number of hydrogen-bond donors (Lipinski definition) is 1. The van der Waals surface area contributed by atoms with E-state index in [0.29, 0.717) is 17.2 Å². The van der Waals surface area contributed by atoms with Gasteiger partial charge in [0.2, 0.25) is 0 Å². The van der Waals surface area contributed by atoms with Gasteiger partial charge >= 0.3 is 0 Å². The maximum atomic E-state index is 5.73.